The Morgan fingerprint density at radius 1 is 1.10 bits per heavy atom. The molecule has 1 heterocycles. The lowest BCUT2D eigenvalue weighted by atomic mass is 10.1. The van der Waals surface area contributed by atoms with Crippen LogP contribution >= 0.6 is 0 Å². The normalized spacial score (nSPS) is 10.2. The van der Waals surface area contributed by atoms with E-state index >= 15 is 0 Å². The van der Waals surface area contributed by atoms with E-state index in [0.29, 0.717) is 17.1 Å². The first-order valence-corrected chi connectivity index (χ1v) is 6.55. The van der Waals surface area contributed by atoms with E-state index in [0.717, 1.165) is 11.3 Å². The molecule has 2 aromatic rings. The van der Waals surface area contributed by atoms with E-state index in [9.17, 15) is 9.59 Å². The smallest absolute Gasteiger partial charge is 0.228 e. The minimum atomic E-state index is -0.142. The largest absolute Gasteiger partial charge is 0.361 e. The van der Waals surface area contributed by atoms with Crippen molar-refractivity contribution in [1.29, 1.82) is 0 Å². The van der Waals surface area contributed by atoms with Gasteiger partial charge in [0, 0.05) is 23.9 Å². The molecule has 0 radical (unpaired) electrons. The van der Waals surface area contributed by atoms with Crippen LogP contribution < -0.4 is 10.6 Å². The maximum absolute atomic E-state index is 12.0. The number of hydrogen-bond acceptors (Lipinski definition) is 4. The second-order valence-electron chi connectivity index (χ2n) is 4.79. The van der Waals surface area contributed by atoms with Crippen LogP contribution in [0.2, 0.25) is 0 Å². The zero-order valence-electron chi connectivity index (χ0n) is 12.2. The number of rotatable bonds is 4. The Kier molecular flexibility index (Phi) is 4.37. The average Bonchev–Trinajstić information content (AvgIpc) is 2.72. The van der Waals surface area contributed by atoms with Crippen molar-refractivity contribution in [2.75, 3.05) is 10.6 Å². The van der Waals surface area contributed by atoms with Crippen LogP contribution in [0, 0.1) is 13.8 Å². The number of carbonyl (C=O) groups excluding carboxylic acids is 2. The number of benzene rings is 1. The Morgan fingerprint density at radius 2 is 1.67 bits per heavy atom. The van der Waals surface area contributed by atoms with Gasteiger partial charge in [0.2, 0.25) is 11.8 Å². The van der Waals surface area contributed by atoms with Crippen LogP contribution in [0.5, 0.6) is 0 Å². The van der Waals surface area contributed by atoms with Gasteiger partial charge in [-0.3, -0.25) is 9.59 Å². The fraction of sp³-hybridized carbons (Fsp3) is 0.267. The van der Waals surface area contributed by atoms with Gasteiger partial charge >= 0.3 is 0 Å². The molecule has 0 aliphatic carbocycles. The second-order valence-corrected chi connectivity index (χ2v) is 4.79. The summed E-state index contributed by atoms with van der Waals surface area (Å²) in [5.74, 6) is 0.380. The van der Waals surface area contributed by atoms with Crippen molar-refractivity contribution in [2.24, 2.45) is 0 Å². The summed E-state index contributed by atoms with van der Waals surface area (Å²) in [5.41, 5.74) is 2.89. The van der Waals surface area contributed by atoms with Gasteiger partial charge in [-0.1, -0.05) is 5.16 Å². The zero-order valence-corrected chi connectivity index (χ0v) is 12.2. The van der Waals surface area contributed by atoms with Gasteiger partial charge in [-0.25, -0.2) is 0 Å². The van der Waals surface area contributed by atoms with Crippen LogP contribution in [0.25, 0.3) is 0 Å². The number of amides is 2. The van der Waals surface area contributed by atoms with E-state index in [-0.39, 0.29) is 18.2 Å². The van der Waals surface area contributed by atoms with Gasteiger partial charge in [0.25, 0.3) is 0 Å². The highest BCUT2D eigenvalue weighted by Gasteiger charge is 2.13. The molecule has 0 aliphatic rings. The first kappa shape index (κ1) is 14.8. The van der Waals surface area contributed by atoms with Gasteiger partial charge in [-0.15, -0.1) is 0 Å². The Hall–Kier alpha value is -2.63. The van der Waals surface area contributed by atoms with Crippen LogP contribution in [0.15, 0.2) is 28.8 Å². The molecule has 2 amide bonds. The van der Waals surface area contributed by atoms with E-state index in [1.165, 1.54) is 6.92 Å². The SMILES string of the molecule is CC(=O)Nc1ccc(NC(=O)Cc2c(C)noc2C)cc1. The fourth-order valence-electron chi connectivity index (χ4n) is 1.96. The summed E-state index contributed by atoms with van der Waals surface area (Å²) in [7, 11) is 0. The molecule has 0 spiro atoms. The van der Waals surface area contributed by atoms with Crippen LogP contribution in [-0.4, -0.2) is 17.0 Å². The summed E-state index contributed by atoms with van der Waals surface area (Å²) >= 11 is 0. The van der Waals surface area contributed by atoms with Crippen molar-refractivity contribution in [3.05, 3.63) is 41.3 Å². The van der Waals surface area contributed by atoms with E-state index in [2.05, 4.69) is 15.8 Å². The predicted molar refractivity (Wildman–Crippen MR) is 79.1 cm³/mol. The van der Waals surface area contributed by atoms with Gasteiger partial charge in [0.15, 0.2) is 0 Å². The number of aryl methyl sites for hydroxylation is 2. The molecular formula is C15H17N3O3. The first-order valence-electron chi connectivity index (χ1n) is 6.55. The molecule has 1 aromatic heterocycles. The van der Waals surface area contributed by atoms with Crippen LogP contribution in [0.4, 0.5) is 11.4 Å². The molecule has 0 unspecified atom stereocenters. The first-order chi connectivity index (χ1) is 9.95. The molecule has 0 saturated carbocycles. The van der Waals surface area contributed by atoms with Gasteiger partial charge in [-0.2, -0.15) is 0 Å². The summed E-state index contributed by atoms with van der Waals surface area (Å²) in [6.07, 6.45) is 0.217. The molecule has 21 heavy (non-hydrogen) atoms. The predicted octanol–water partition coefficient (Wildman–Crippen LogP) is 2.43. The highest BCUT2D eigenvalue weighted by molar-refractivity contribution is 5.93. The van der Waals surface area contributed by atoms with Crippen molar-refractivity contribution in [1.82, 2.24) is 5.16 Å². The van der Waals surface area contributed by atoms with Gasteiger partial charge in [-0.05, 0) is 38.1 Å². The van der Waals surface area contributed by atoms with Crippen LogP contribution in [-0.2, 0) is 16.0 Å². The van der Waals surface area contributed by atoms with Crippen molar-refractivity contribution in [3.8, 4) is 0 Å². The Balaban J connectivity index is 1.98. The van der Waals surface area contributed by atoms with E-state index < -0.39 is 0 Å². The van der Waals surface area contributed by atoms with Crippen molar-refractivity contribution in [2.45, 2.75) is 27.2 Å². The standard InChI is InChI=1S/C15H17N3O3/c1-9-14(10(2)21-18-9)8-15(20)17-13-6-4-12(5-7-13)16-11(3)19/h4-7H,8H2,1-3H3,(H,16,19)(H,17,20). The molecule has 0 fully saturated rings. The summed E-state index contributed by atoms with van der Waals surface area (Å²) in [4.78, 5) is 22.9. The maximum atomic E-state index is 12.0. The van der Waals surface area contributed by atoms with E-state index in [1.807, 2.05) is 0 Å². The van der Waals surface area contributed by atoms with Crippen molar-refractivity contribution in [3.63, 3.8) is 0 Å². The number of anilines is 2. The monoisotopic (exact) mass is 287 g/mol. The molecule has 6 nitrogen and oxygen atoms in total. The quantitative estimate of drug-likeness (QED) is 0.904. The minimum Gasteiger partial charge on any atom is -0.361 e. The van der Waals surface area contributed by atoms with E-state index in [4.69, 9.17) is 4.52 Å². The highest BCUT2D eigenvalue weighted by atomic mass is 16.5. The molecule has 6 heteroatoms. The van der Waals surface area contributed by atoms with Crippen molar-refractivity contribution >= 4 is 23.2 Å². The second kappa shape index (κ2) is 6.21. The topological polar surface area (TPSA) is 84.2 Å². The Morgan fingerprint density at radius 3 is 2.14 bits per heavy atom. The lowest BCUT2D eigenvalue weighted by Crippen LogP contribution is -2.15. The molecular weight excluding hydrogens is 270 g/mol. The molecule has 1 aromatic carbocycles. The lowest BCUT2D eigenvalue weighted by Gasteiger charge is -2.07. The molecule has 0 aliphatic heterocycles. The molecule has 0 bridgehead atoms. The number of nitrogens with one attached hydrogen (secondary N) is 2. The van der Waals surface area contributed by atoms with Gasteiger partial charge in [0.1, 0.15) is 5.76 Å². The molecule has 110 valence electrons. The Labute approximate surface area is 122 Å². The number of aromatic nitrogens is 1. The number of nitrogens with zero attached hydrogens (tertiary/aromatic N) is 1. The molecule has 0 atom stereocenters. The maximum Gasteiger partial charge on any atom is 0.228 e. The minimum absolute atomic E-state index is 0.134. The Bertz CT molecular complexity index is 640. The third kappa shape index (κ3) is 3.92. The number of carbonyl (C=O) groups is 2. The molecule has 2 N–H and O–H groups in total. The van der Waals surface area contributed by atoms with Gasteiger partial charge < -0.3 is 15.2 Å². The third-order valence-corrected chi connectivity index (χ3v) is 3.01. The fourth-order valence-corrected chi connectivity index (χ4v) is 1.96. The number of hydrogen-bond donors (Lipinski definition) is 2. The average molecular weight is 287 g/mol. The lowest BCUT2D eigenvalue weighted by molar-refractivity contribution is -0.116. The van der Waals surface area contributed by atoms with Crippen molar-refractivity contribution < 1.29 is 14.1 Å². The third-order valence-electron chi connectivity index (χ3n) is 3.01. The van der Waals surface area contributed by atoms with Crippen LogP contribution in [0.1, 0.15) is 23.9 Å². The van der Waals surface area contributed by atoms with Gasteiger partial charge in [0.05, 0.1) is 12.1 Å². The molecule has 0 saturated heterocycles. The van der Waals surface area contributed by atoms with Crippen LogP contribution in [0.3, 0.4) is 0 Å². The summed E-state index contributed by atoms with van der Waals surface area (Å²) < 4.78 is 5.03. The zero-order chi connectivity index (χ0) is 15.4. The van der Waals surface area contributed by atoms with E-state index in [1.54, 1.807) is 38.1 Å². The summed E-state index contributed by atoms with van der Waals surface area (Å²) in [5, 5.41) is 9.28. The molecule has 2 rings (SSSR count). The summed E-state index contributed by atoms with van der Waals surface area (Å²) in [6.45, 7) is 5.03. The summed E-state index contributed by atoms with van der Waals surface area (Å²) in [6, 6.07) is 6.92. The highest BCUT2D eigenvalue weighted by Crippen LogP contribution is 2.16.